The summed E-state index contributed by atoms with van der Waals surface area (Å²) in [6.07, 6.45) is 4.56. The van der Waals surface area contributed by atoms with Gasteiger partial charge >= 0.3 is 0 Å². The van der Waals surface area contributed by atoms with Gasteiger partial charge in [-0.25, -0.2) is 0 Å². The van der Waals surface area contributed by atoms with Crippen molar-refractivity contribution in [2.24, 2.45) is 0 Å². The minimum absolute atomic E-state index is 1.23. The van der Waals surface area contributed by atoms with Crippen LogP contribution in [0.5, 0.6) is 0 Å². The Morgan fingerprint density at radius 3 is 2.38 bits per heavy atom. The molecule has 1 aliphatic rings. The summed E-state index contributed by atoms with van der Waals surface area (Å²) < 4.78 is 0. The van der Waals surface area contributed by atoms with Crippen LogP contribution in [0.25, 0.3) is 0 Å². The van der Waals surface area contributed by atoms with Crippen molar-refractivity contribution >= 4 is 0 Å². The van der Waals surface area contributed by atoms with Crippen LogP contribution in [0.3, 0.4) is 0 Å². The number of likely N-dealkylation sites (tertiary alicyclic amines) is 1. The maximum atomic E-state index is 3.63. The van der Waals surface area contributed by atoms with Crippen molar-refractivity contribution in [1.82, 2.24) is 4.90 Å². The molecule has 1 saturated heterocycles. The standard InChI is InChI=1S/C7H12N/c1-2-5-8-6-3-4-7-8/h2,5H,1,3-4,6-7H2. The monoisotopic (exact) mass is 110 g/mol. The van der Waals surface area contributed by atoms with E-state index < -0.39 is 0 Å². The minimum Gasteiger partial charge on any atom is -0.295 e. The highest BCUT2D eigenvalue weighted by molar-refractivity contribution is 4.88. The number of nitrogens with zero attached hydrogens (tertiary/aromatic N) is 1. The summed E-state index contributed by atoms with van der Waals surface area (Å²) in [5.41, 5.74) is 0. The zero-order valence-electron chi connectivity index (χ0n) is 5.14. The Kier molecular flexibility index (Phi) is 2.10. The molecule has 0 aromatic carbocycles. The van der Waals surface area contributed by atoms with Gasteiger partial charge in [-0.2, -0.15) is 0 Å². The molecule has 1 rings (SSSR count). The number of hydrogen-bond acceptors (Lipinski definition) is 1. The van der Waals surface area contributed by atoms with Crippen molar-refractivity contribution in [2.45, 2.75) is 12.8 Å². The van der Waals surface area contributed by atoms with Gasteiger partial charge in [0.05, 0.1) is 0 Å². The van der Waals surface area contributed by atoms with Gasteiger partial charge in [0.15, 0.2) is 0 Å². The molecule has 1 heteroatoms. The fraction of sp³-hybridized carbons (Fsp3) is 0.571. The average molecular weight is 110 g/mol. The molecule has 1 aliphatic heterocycles. The number of rotatable bonds is 2. The third kappa shape index (κ3) is 1.34. The first-order valence-corrected chi connectivity index (χ1v) is 3.13. The fourth-order valence-corrected chi connectivity index (χ4v) is 1.04. The van der Waals surface area contributed by atoms with Gasteiger partial charge < -0.3 is 0 Å². The molecule has 1 nitrogen and oxygen atoms in total. The van der Waals surface area contributed by atoms with Crippen LogP contribution in [0.1, 0.15) is 12.8 Å². The van der Waals surface area contributed by atoms with Crippen LogP contribution in [-0.2, 0) is 0 Å². The molecule has 0 bridgehead atoms. The third-order valence-electron chi connectivity index (χ3n) is 1.46. The Bertz CT molecular complexity index is 72.5. The molecule has 0 aromatic rings. The van der Waals surface area contributed by atoms with Crippen LogP contribution in [0.4, 0.5) is 0 Å². The van der Waals surface area contributed by atoms with E-state index in [0.29, 0.717) is 0 Å². The smallest absolute Gasteiger partial charge is 0.0467 e. The van der Waals surface area contributed by atoms with E-state index >= 15 is 0 Å². The molecule has 0 unspecified atom stereocenters. The molecule has 1 heterocycles. The fourth-order valence-electron chi connectivity index (χ4n) is 1.04. The summed E-state index contributed by atoms with van der Waals surface area (Å²) in [4.78, 5) is 2.30. The second-order valence-electron chi connectivity index (χ2n) is 2.13. The molecule has 0 N–H and O–H groups in total. The highest BCUT2D eigenvalue weighted by Crippen LogP contribution is 2.08. The van der Waals surface area contributed by atoms with Gasteiger partial charge in [0.2, 0.25) is 0 Å². The van der Waals surface area contributed by atoms with Crippen LogP contribution in [-0.4, -0.2) is 18.0 Å². The van der Waals surface area contributed by atoms with Gasteiger partial charge in [0.25, 0.3) is 0 Å². The highest BCUT2D eigenvalue weighted by Gasteiger charge is 2.08. The van der Waals surface area contributed by atoms with Crippen molar-refractivity contribution in [1.29, 1.82) is 0 Å². The van der Waals surface area contributed by atoms with E-state index in [1.54, 1.807) is 0 Å². The molecule has 45 valence electrons. The quantitative estimate of drug-likeness (QED) is 0.519. The first-order chi connectivity index (χ1) is 3.93. The first-order valence-electron chi connectivity index (χ1n) is 3.13. The lowest BCUT2D eigenvalue weighted by Gasteiger charge is -2.08. The lowest BCUT2D eigenvalue weighted by molar-refractivity contribution is 0.433. The molecular formula is C7H12N. The summed E-state index contributed by atoms with van der Waals surface area (Å²) in [5.74, 6) is 0. The van der Waals surface area contributed by atoms with E-state index in [0.717, 1.165) is 0 Å². The Labute approximate surface area is 51.0 Å². The molecule has 0 saturated carbocycles. The van der Waals surface area contributed by atoms with Crippen molar-refractivity contribution in [2.75, 3.05) is 13.1 Å². The van der Waals surface area contributed by atoms with E-state index in [-0.39, 0.29) is 0 Å². The van der Waals surface area contributed by atoms with Crippen molar-refractivity contribution in [3.63, 3.8) is 0 Å². The molecule has 1 radical (unpaired) electrons. The molecule has 0 aromatic heterocycles. The summed E-state index contributed by atoms with van der Waals surface area (Å²) in [5, 5.41) is 0. The van der Waals surface area contributed by atoms with E-state index in [4.69, 9.17) is 0 Å². The molecular weight excluding hydrogens is 98.1 g/mol. The zero-order valence-corrected chi connectivity index (χ0v) is 5.14. The van der Waals surface area contributed by atoms with E-state index in [9.17, 15) is 0 Å². The predicted molar refractivity (Wildman–Crippen MR) is 35.3 cm³/mol. The topological polar surface area (TPSA) is 3.24 Å². The van der Waals surface area contributed by atoms with Gasteiger partial charge in [0.1, 0.15) is 0 Å². The van der Waals surface area contributed by atoms with Crippen LogP contribution in [0, 0.1) is 6.54 Å². The molecule has 0 atom stereocenters. The van der Waals surface area contributed by atoms with Crippen molar-refractivity contribution in [3.05, 3.63) is 19.2 Å². The molecule has 0 aliphatic carbocycles. The summed E-state index contributed by atoms with van der Waals surface area (Å²) in [7, 11) is 0. The Morgan fingerprint density at radius 2 is 1.88 bits per heavy atom. The predicted octanol–water partition coefficient (Wildman–Crippen LogP) is 1.43. The Hall–Kier alpha value is -0.300. The van der Waals surface area contributed by atoms with Gasteiger partial charge in [0, 0.05) is 6.54 Å². The molecule has 1 fully saturated rings. The molecule has 0 amide bonds. The maximum Gasteiger partial charge on any atom is 0.0467 e. The molecule has 0 spiro atoms. The van der Waals surface area contributed by atoms with Crippen LogP contribution >= 0.6 is 0 Å². The SMILES string of the molecule is C=C[CH]N1CCCC1. The lowest BCUT2D eigenvalue weighted by Crippen LogP contribution is -2.13. The summed E-state index contributed by atoms with van der Waals surface area (Å²) in [6, 6.07) is 0. The highest BCUT2D eigenvalue weighted by atomic mass is 15.1. The van der Waals surface area contributed by atoms with Crippen LogP contribution in [0.15, 0.2) is 12.7 Å². The van der Waals surface area contributed by atoms with Crippen molar-refractivity contribution < 1.29 is 0 Å². The normalized spacial score (nSPS) is 21.5. The van der Waals surface area contributed by atoms with E-state index in [2.05, 4.69) is 18.0 Å². The van der Waals surface area contributed by atoms with Gasteiger partial charge in [-0.05, 0) is 25.9 Å². The van der Waals surface area contributed by atoms with Gasteiger partial charge in [-0.15, -0.1) is 6.58 Å². The number of hydrogen-bond donors (Lipinski definition) is 0. The second kappa shape index (κ2) is 2.88. The molecule has 8 heavy (non-hydrogen) atoms. The first kappa shape index (κ1) is 5.83. The summed E-state index contributed by atoms with van der Waals surface area (Å²) >= 11 is 0. The largest absolute Gasteiger partial charge is 0.295 e. The van der Waals surface area contributed by atoms with Crippen LogP contribution in [0.2, 0.25) is 0 Å². The van der Waals surface area contributed by atoms with Gasteiger partial charge in [-0.3, -0.25) is 4.90 Å². The zero-order chi connectivity index (χ0) is 5.82. The lowest BCUT2D eigenvalue weighted by atomic mass is 10.4. The van der Waals surface area contributed by atoms with Crippen LogP contribution < -0.4 is 0 Å². The second-order valence-corrected chi connectivity index (χ2v) is 2.13. The average Bonchev–Trinajstić information content (AvgIpc) is 2.19. The summed E-state index contributed by atoms with van der Waals surface area (Å²) in [6.45, 7) is 8.15. The minimum atomic E-state index is 1.23. The third-order valence-corrected chi connectivity index (χ3v) is 1.46. The van der Waals surface area contributed by atoms with E-state index in [1.165, 1.54) is 25.9 Å². The maximum absolute atomic E-state index is 3.63. The van der Waals surface area contributed by atoms with Crippen molar-refractivity contribution in [3.8, 4) is 0 Å². The van der Waals surface area contributed by atoms with Gasteiger partial charge in [-0.1, -0.05) is 6.08 Å². The van der Waals surface area contributed by atoms with E-state index in [1.807, 2.05) is 6.08 Å². The Morgan fingerprint density at radius 1 is 1.25 bits per heavy atom. The Balaban J connectivity index is 2.14.